The van der Waals surface area contributed by atoms with Crippen molar-refractivity contribution in [1.29, 1.82) is 0 Å². The number of pyridine rings is 1. The first-order valence-corrected chi connectivity index (χ1v) is 5.20. The first-order chi connectivity index (χ1) is 7.25. The van der Waals surface area contributed by atoms with E-state index in [9.17, 15) is 0 Å². The maximum atomic E-state index is 5.62. The van der Waals surface area contributed by atoms with Crippen LogP contribution in [0.2, 0.25) is 0 Å². The van der Waals surface area contributed by atoms with Gasteiger partial charge in [0.15, 0.2) is 0 Å². The van der Waals surface area contributed by atoms with E-state index < -0.39 is 0 Å². The predicted octanol–water partition coefficient (Wildman–Crippen LogP) is 3.22. The van der Waals surface area contributed by atoms with Gasteiger partial charge in [0, 0.05) is 6.07 Å². The fourth-order valence-electron chi connectivity index (χ4n) is 1.09. The van der Waals surface area contributed by atoms with Crippen molar-refractivity contribution < 1.29 is 4.74 Å². The van der Waals surface area contributed by atoms with E-state index in [4.69, 9.17) is 10.5 Å². The summed E-state index contributed by atoms with van der Waals surface area (Å²) in [6.45, 7) is 0. The number of para-hydroxylation sites is 1. The molecule has 0 aliphatic heterocycles. The van der Waals surface area contributed by atoms with Gasteiger partial charge in [-0.3, -0.25) is 0 Å². The number of anilines is 1. The minimum absolute atomic E-state index is 0.516. The number of nitrogen functional groups attached to an aromatic ring is 1. The predicted molar refractivity (Wildman–Crippen MR) is 62.9 cm³/mol. The lowest BCUT2D eigenvalue weighted by Gasteiger charge is -2.05. The fraction of sp³-hybridized carbons (Fsp3) is 0. The monoisotopic (exact) mass is 264 g/mol. The maximum absolute atomic E-state index is 5.62. The summed E-state index contributed by atoms with van der Waals surface area (Å²) in [5.74, 6) is 1.27. The number of nitrogens with zero attached hydrogens (tertiary/aromatic N) is 1. The first kappa shape index (κ1) is 9.98. The fourth-order valence-corrected chi connectivity index (χ4v) is 1.40. The summed E-state index contributed by atoms with van der Waals surface area (Å²) < 4.78 is 6.11. The van der Waals surface area contributed by atoms with Crippen LogP contribution in [0.25, 0.3) is 0 Å². The number of nitrogens with two attached hydrogens (primary N) is 1. The molecule has 1 aromatic heterocycles. The van der Waals surface area contributed by atoms with Crippen molar-refractivity contribution in [3.8, 4) is 11.6 Å². The lowest BCUT2D eigenvalue weighted by atomic mass is 10.3. The second-order valence-electron chi connectivity index (χ2n) is 2.94. The summed E-state index contributed by atoms with van der Waals surface area (Å²) in [7, 11) is 0. The number of hydrogen-bond acceptors (Lipinski definition) is 3. The second kappa shape index (κ2) is 4.31. The lowest BCUT2D eigenvalue weighted by Crippen LogP contribution is -1.92. The summed E-state index contributed by atoms with van der Waals surface area (Å²) in [4.78, 5) is 4.14. The Labute approximate surface area is 96.0 Å². The molecule has 0 unspecified atom stereocenters. The molecule has 1 heterocycles. The molecule has 2 aromatic rings. The van der Waals surface area contributed by atoms with Gasteiger partial charge in [0.25, 0.3) is 0 Å². The second-order valence-corrected chi connectivity index (χ2v) is 3.70. The molecule has 2 rings (SSSR count). The number of aromatic nitrogens is 1. The van der Waals surface area contributed by atoms with Crippen molar-refractivity contribution in [2.75, 3.05) is 5.73 Å². The average Bonchev–Trinajstić information content (AvgIpc) is 2.25. The Balaban J connectivity index is 2.22. The molecule has 0 fully saturated rings. The van der Waals surface area contributed by atoms with Crippen molar-refractivity contribution >= 4 is 21.6 Å². The van der Waals surface area contributed by atoms with Crippen molar-refractivity contribution in [3.05, 3.63) is 47.1 Å². The summed E-state index contributed by atoms with van der Waals surface area (Å²) in [6, 6.07) is 12.9. The standard InChI is InChI=1S/C11H9BrN2O/c12-11-9(13)6-7-10(14-11)15-8-4-2-1-3-5-8/h1-7H,13H2. The quantitative estimate of drug-likeness (QED) is 0.848. The normalized spacial score (nSPS) is 9.93. The van der Waals surface area contributed by atoms with Gasteiger partial charge in [-0.05, 0) is 34.1 Å². The molecule has 0 bridgehead atoms. The highest BCUT2D eigenvalue weighted by molar-refractivity contribution is 9.10. The van der Waals surface area contributed by atoms with Gasteiger partial charge < -0.3 is 10.5 Å². The SMILES string of the molecule is Nc1ccc(Oc2ccccc2)nc1Br. The van der Waals surface area contributed by atoms with Crippen LogP contribution in [0.5, 0.6) is 11.6 Å². The van der Waals surface area contributed by atoms with Crippen LogP contribution in [0.1, 0.15) is 0 Å². The molecular formula is C11H9BrN2O. The highest BCUT2D eigenvalue weighted by Gasteiger charge is 2.01. The van der Waals surface area contributed by atoms with Gasteiger partial charge in [0.2, 0.25) is 5.88 Å². The zero-order valence-electron chi connectivity index (χ0n) is 7.85. The van der Waals surface area contributed by atoms with Crippen LogP contribution in [0, 0.1) is 0 Å². The Hall–Kier alpha value is -1.55. The van der Waals surface area contributed by atoms with Gasteiger partial charge in [-0.15, -0.1) is 0 Å². The molecule has 4 heteroatoms. The Morgan fingerprint density at radius 1 is 1.07 bits per heavy atom. The van der Waals surface area contributed by atoms with E-state index in [1.54, 1.807) is 12.1 Å². The van der Waals surface area contributed by atoms with Gasteiger partial charge in [0.05, 0.1) is 5.69 Å². The van der Waals surface area contributed by atoms with E-state index in [1.165, 1.54) is 0 Å². The number of rotatable bonds is 2. The molecule has 15 heavy (non-hydrogen) atoms. The summed E-state index contributed by atoms with van der Waals surface area (Å²) in [6.07, 6.45) is 0. The van der Waals surface area contributed by atoms with Gasteiger partial charge in [0.1, 0.15) is 10.4 Å². The third kappa shape index (κ3) is 2.47. The highest BCUT2D eigenvalue weighted by Crippen LogP contribution is 2.24. The van der Waals surface area contributed by atoms with Crippen LogP contribution in [-0.4, -0.2) is 4.98 Å². The molecule has 0 radical (unpaired) electrons. The molecule has 0 aliphatic carbocycles. The van der Waals surface area contributed by atoms with E-state index in [2.05, 4.69) is 20.9 Å². The van der Waals surface area contributed by atoms with E-state index in [-0.39, 0.29) is 0 Å². The number of halogens is 1. The van der Waals surface area contributed by atoms with Crippen LogP contribution in [-0.2, 0) is 0 Å². The van der Waals surface area contributed by atoms with Crippen LogP contribution in [0.3, 0.4) is 0 Å². The number of hydrogen-bond donors (Lipinski definition) is 1. The van der Waals surface area contributed by atoms with E-state index in [0.29, 0.717) is 16.2 Å². The molecule has 0 spiro atoms. The Kier molecular flexibility index (Phi) is 2.87. The molecule has 3 nitrogen and oxygen atoms in total. The topological polar surface area (TPSA) is 48.1 Å². The first-order valence-electron chi connectivity index (χ1n) is 4.40. The molecule has 0 aliphatic rings. The van der Waals surface area contributed by atoms with Crippen molar-refractivity contribution in [1.82, 2.24) is 4.98 Å². The van der Waals surface area contributed by atoms with Gasteiger partial charge >= 0.3 is 0 Å². The van der Waals surface area contributed by atoms with Gasteiger partial charge in [-0.25, -0.2) is 4.98 Å². The van der Waals surface area contributed by atoms with Crippen molar-refractivity contribution in [3.63, 3.8) is 0 Å². The number of benzene rings is 1. The third-order valence-electron chi connectivity index (χ3n) is 1.82. The minimum atomic E-state index is 0.516. The van der Waals surface area contributed by atoms with E-state index in [1.807, 2.05) is 30.3 Å². The molecule has 76 valence electrons. The minimum Gasteiger partial charge on any atom is -0.439 e. The summed E-state index contributed by atoms with van der Waals surface area (Å²) >= 11 is 3.24. The molecular weight excluding hydrogens is 256 g/mol. The Morgan fingerprint density at radius 3 is 2.47 bits per heavy atom. The zero-order chi connectivity index (χ0) is 10.7. The number of ether oxygens (including phenoxy) is 1. The smallest absolute Gasteiger partial charge is 0.220 e. The van der Waals surface area contributed by atoms with Gasteiger partial charge in [-0.2, -0.15) is 0 Å². The molecule has 0 atom stereocenters. The van der Waals surface area contributed by atoms with Gasteiger partial charge in [-0.1, -0.05) is 18.2 Å². The highest BCUT2D eigenvalue weighted by atomic mass is 79.9. The van der Waals surface area contributed by atoms with Crippen molar-refractivity contribution in [2.24, 2.45) is 0 Å². The summed E-state index contributed by atoms with van der Waals surface area (Å²) in [5.41, 5.74) is 6.21. The van der Waals surface area contributed by atoms with E-state index in [0.717, 1.165) is 5.75 Å². The Morgan fingerprint density at radius 2 is 1.80 bits per heavy atom. The molecule has 0 amide bonds. The van der Waals surface area contributed by atoms with E-state index >= 15 is 0 Å². The molecule has 0 saturated carbocycles. The van der Waals surface area contributed by atoms with Crippen molar-refractivity contribution in [2.45, 2.75) is 0 Å². The zero-order valence-corrected chi connectivity index (χ0v) is 9.44. The summed E-state index contributed by atoms with van der Waals surface area (Å²) in [5, 5.41) is 0. The molecule has 2 N–H and O–H groups in total. The third-order valence-corrected chi connectivity index (χ3v) is 2.45. The van der Waals surface area contributed by atoms with Crippen LogP contribution in [0.4, 0.5) is 5.69 Å². The van der Waals surface area contributed by atoms with Crippen LogP contribution < -0.4 is 10.5 Å². The Bertz CT molecular complexity index is 459. The maximum Gasteiger partial charge on any atom is 0.220 e. The molecule has 0 saturated heterocycles. The molecule has 1 aromatic carbocycles. The average molecular weight is 265 g/mol. The largest absolute Gasteiger partial charge is 0.439 e. The lowest BCUT2D eigenvalue weighted by molar-refractivity contribution is 0.462. The van der Waals surface area contributed by atoms with Crippen LogP contribution in [0.15, 0.2) is 47.1 Å². The van der Waals surface area contributed by atoms with Crippen LogP contribution >= 0.6 is 15.9 Å².